The molecule has 2 N–H and O–H groups in total. The van der Waals surface area contributed by atoms with Gasteiger partial charge in [-0.15, -0.1) is 0 Å². The van der Waals surface area contributed by atoms with E-state index in [1.807, 2.05) is 13.8 Å². The lowest BCUT2D eigenvalue weighted by Gasteiger charge is -2.09. The van der Waals surface area contributed by atoms with Gasteiger partial charge in [-0.05, 0) is 25.1 Å². The summed E-state index contributed by atoms with van der Waals surface area (Å²) in [5.74, 6) is 0. The number of nitrogens with zero attached hydrogens (tertiary/aromatic N) is 1. The van der Waals surface area contributed by atoms with Gasteiger partial charge in [0.15, 0.2) is 0 Å². The first-order valence-electron chi connectivity index (χ1n) is 6.40. The van der Waals surface area contributed by atoms with E-state index >= 15 is 0 Å². The molecule has 0 aliphatic carbocycles. The summed E-state index contributed by atoms with van der Waals surface area (Å²) in [7, 11) is 0. The lowest BCUT2D eigenvalue weighted by atomic mass is 10.3. The van der Waals surface area contributed by atoms with E-state index in [4.69, 9.17) is 4.74 Å². The zero-order chi connectivity index (χ0) is 15.0. The van der Waals surface area contributed by atoms with E-state index in [0.717, 1.165) is 13.0 Å². The molecule has 7 heteroatoms. The minimum absolute atomic E-state index is 0.0244. The highest BCUT2D eigenvalue weighted by Gasteiger charge is 2.06. The van der Waals surface area contributed by atoms with Crippen LogP contribution >= 0.6 is 0 Å². The second-order valence-electron chi connectivity index (χ2n) is 4.53. The maximum Gasteiger partial charge on any atom is 0.411 e. The number of ether oxygens (including phenoxy) is 1. The lowest BCUT2D eigenvalue weighted by molar-refractivity contribution is -0.384. The average Bonchev–Trinajstić information content (AvgIpc) is 2.38. The molecule has 0 radical (unpaired) electrons. The van der Waals surface area contributed by atoms with Crippen LogP contribution in [0.4, 0.5) is 16.2 Å². The minimum Gasteiger partial charge on any atom is -0.449 e. The van der Waals surface area contributed by atoms with Gasteiger partial charge in [0.25, 0.3) is 5.69 Å². The monoisotopic (exact) mass is 281 g/mol. The number of hydrogen-bond acceptors (Lipinski definition) is 5. The molecule has 20 heavy (non-hydrogen) atoms. The molecular weight excluding hydrogens is 262 g/mol. The summed E-state index contributed by atoms with van der Waals surface area (Å²) >= 11 is 0. The van der Waals surface area contributed by atoms with E-state index in [0.29, 0.717) is 18.3 Å². The zero-order valence-corrected chi connectivity index (χ0v) is 11.6. The Morgan fingerprint density at radius 2 is 2.00 bits per heavy atom. The van der Waals surface area contributed by atoms with Crippen LogP contribution in [0.5, 0.6) is 0 Å². The third-order valence-electron chi connectivity index (χ3n) is 2.43. The van der Waals surface area contributed by atoms with Gasteiger partial charge in [0.2, 0.25) is 0 Å². The standard InChI is InChI=1S/C13H19N3O4/c1-10(2)14-8-3-9-20-13(17)15-11-4-6-12(7-5-11)16(18)19/h4-7,10,14H,3,8-9H2,1-2H3,(H,15,17). The largest absolute Gasteiger partial charge is 0.449 e. The fourth-order valence-corrected chi connectivity index (χ4v) is 1.45. The first-order valence-corrected chi connectivity index (χ1v) is 6.40. The van der Waals surface area contributed by atoms with Gasteiger partial charge >= 0.3 is 6.09 Å². The normalized spacial score (nSPS) is 10.3. The van der Waals surface area contributed by atoms with Crippen molar-refractivity contribution in [2.24, 2.45) is 0 Å². The van der Waals surface area contributed by atoms with Crippen molar-refractivity contribution in [2.75, 3.05) is 18.5 Å². The van der Waals surface area contributed by atoms with Crippen molar-refractivity contribution in [2.45, 2.75) is 26.3 Å². The molecule has 0 saturated carbocycles. The summed E-state index contributed by atoms with van der Waals surface area (Å²) < 4.78 is 4.98. The molecule has 7 nitrogen and oxygen atoms in total. The second-order valence-corrected chi connectivity index (χ2v) is 4.53. The Kier molecular flexibility index (Phi) is 6.45. The first kappa shape index (κ1) is 15.9. The van der Waals surface area contributed by atoms with Crippen molar-refractivity contribution >= 4 is 17.5 Å². The maximum atomic E-state index is 11.4. The van der Waals surface area contributed by atoms with Gasteiger partial charge in [-0.3, -0.25) is 15.4 Å². The summed E-state index contributed by atoms with van der Waals surface area (Å²) in [5.41, 5.74) is 0.435. The van der Waals surface area contributed by atoms with Crippen LogP contribution in [0.25, 0.3) is 0 Å². The number of anilines is 1. The minimum atomic E-state index is -0.566. The summed E-state index contributed by atoms with van der Waals surface area (Å²) in [6.45, 7) is 5.19. The van der Waals surface area contributed by atoms with Gasteiger partial charge < -0.3 is 10.1 Å². The second kappa shape index (κ2) is 8.11. The quantitative estimate of drug-likeness (QED) is 0.455. The Balaban J connectivity index is 2.26. The Morgan fingerprint density at radius 1 is 1.35 bits per heavy atom. The zero-order valence-electron chi connectivity index (χ0n) is 11.6. The summed E-state index contributed by atoms with van der Waals surface area (Å²) in [5, 5.41) is 16.2. The molecule has 110 valence electrons. The number of hydrogen-bond donors (Lipinski definition) is 2. The molecule has 0 bridgehead atoms. The maximum absolute atomic E-state index is 11.4. The molecule has 1 aromatic rings. The molecule has 0 saturated heterocycles. The van der Waals surface area contributed by atoms with Crippen molar-refractivity contribution in [1.82, 2.24) is 5.32 Å². The van der Waals surface area contributed by atoms with Gasteiger partial charge in [0.1, 0.15) is 0 Å². The summed E-state index contributed by atoms with van der Waals surface area (Å²) in [6.07, 6.45) is 0.162. The van der Waals surface area contributed by atoms with Gasteiger partial charge in [-0.1, -0.05) is 13.8 Å². The Morgan fingerprint density at radius 3 is 2.55 bits per heavy atom. The number of nitro benzene ring substituents is 1. The van der Waals surface area contributed by atoms with Gasteiger partial charge in [0.05, 0.1) is 11.5 Å². The smallest absolute Gasteiger partial charge is 0.411 e. The molecule has 1 rings (SSSR count). The summed E-state index contributed by atoms with van der Waals surface area (Å²) in [4.78, 5) is 21.4. The molecule has 0 aliphatic heterocycles. The van der Waals surface area contributed by atoms with Crippen LogP contribution < -0.4 is 10.6 Å². The van der Waals surface area contributed by atoms with Crippen molar-refractivity contribution in [3.05, 3.63) is 34.4 Å². The molecule has 1 amide bonds. The lowest BCUT2D eigenvalue weighted by Crippen LogP contribution is -2.25. The molecule has 0 unspecified atom stereocenters. The number of carbonyl (C=O) groups is 1. The highest BCUT2D eigenvalue weighted by Crippen LogP contribution is 2.15. The van der Waals surface area contributed by atoms with E-state index in [9.17, 15) is 14.9 Å². The number of benzene rings is 1. The highest BCUT2D eigenvalue weighted by molar-refractivity contribution is 5.84. The van der Waals surface area contributed by atoms with Crippen molar-refractivity contribution in [3.63, 3.8) is 0 Å². The van der Waals surface area contributed by atoms with Crippen LogP contribution in [0.2, 0.25) is 0 Å². The van der Waals surface area contributed by atoms with Crippen LogP contribution in [0.15, 0.2) is 24.3 Å². The highest BCUT2D eigenvalue weighted by atomic mass is 16.6. The van der Waals surface area contributed by atoms with Gasteiger partial charge in [0, 0.05) is 23.9 Å². The van der Waals surface area contributed by atoms with Crippen LogP contribution in [-0.2, 0) is 4.74 Å². The number of nitro groups is 1. The molecule has 0 spiro atoms. The third-order valence-corrected chi connectivity index (χ3v) is 2.43. The molecule has 0 aromatic heterocycles. The van der Waals surface area contributed by atoms with E-state index in [-0.39, 0.29) is 5.69 Å². The Hall–Kier alpha value is -2.15. The number of carbonyl (C=O) groups excluding carboxylic acids is 1. The predicted octanol–water partition coefficient (Wildman–Crippen LogP) is 2.53. The summed E-state index contributed by atoms with van der Waals surface area (Å²) in [6, 6.07) is 5.97. The van der Waals surface area contributed by atoms with Crippen LogP contribution in [0.1, 0.15) is 20.3 Å². The number of amides is 1. The Labute approximate surface area is 117 Å². The number of rotatable bonds is 7. The topological polar surface area (TPSA) is 93.5 Å². The molecule has 0 heterocycles. The molecule has 0 aliphatic rings. The SMILES string of the molecule is CC(C)NCCCOC(=O)Nc1ccc([N+](=O)[O-])cc1. The van der Waals surface area contributed by atoms with Crippen molar-refractivity contribution in [1.29, 1.82) is 0 Å². The van der Waals surface area contributed by atoms with E-state index < -0.39 is 11.0 Å². The Bertz CT molecular complexity index is 445. The van der Waals surface area contributed by atoms with Crippen LogP contribution in [-0.4, -0.2) is 30.2 Å². The van der Waals surface area contributed by atoms with Crippen LogP contribution in [0.3, 0.4) is 0 Å². The van der Waals surface area contributed by atoms with Crippen LogP contribution in [0, 0.1) is 10.1 Å². The van der Waals surface area contributed by atoms with Gasteiger partial charge in [-0.25, -0.2) is 4.79 Å². The molecule has 0 atom stereocenters. The molecular formula is C13H19N3O4. The number of nitrogens with one attached hydrogen (secondary N) is 2. The third kappa shape index (κ3) is 6.14. The van der Waals surface area contributed by atoms with E-state index in [1.165, 1.54) is 24.3 Å². The van der Waals surface area contributed by atoms with Crippen molar-refractivity contribution in [3.8, 4) is 0 Å². The fraction of sp³-hybridized carbons (Fsp3) is 0.462. The first-order chi connectivity index (χ1) is 9.49. The number of non-ortho nitro benzene ring substituents is 1. The van der Waals surface area contributed by atoms with E-state index in [1.54, 1.807) is 0 Å². The molecule has 0 fully saturated rings. The fourth-order valence-electron chi connectivity index (χ4n) is 1.45. The average molecular weight is 281 g/mol. The molecule has 1 aromatic carbocycles. The predicted molar refractivity (Wildman–Crippen MR) is 75.8 cm³/mol. The van der Waals surface area contributed by atoms with E-state index in [2.05, 4.69) is 10.6 Å². The van der Waals surface area contributed by atoms with Crippen molar-refractivity contribution < 1.29 is 14.5 Å². The van der Waals surface area contributed by atoms with Gasteiger partial charge in [-0.2, -0.15) is 0 Å².